The highest BCUT2D eigenvalue weighted by Gasteiger charge is 2.34. The Labute approximate surface area is 155 Å². The number of phenolic OH excluding ortho intramolecular Hbond substituents is 1. The summed E-state index contributed by atoms with van der Waals surface area (Å²) in [6, 6.07) is 9.40. The number of amides is 2. The van der Waals surface area contributed by atoms with E-state index in [1.807, 2.05) is 0 Å². The van der Waals surface area contributed by atoms with Gasteiger partial charge < -0.3 is 5.11 Å². The van der Waals surface area contributed by atoms with Gasteiger partial charge in [-0.3, -0.25) is 15.0 Å². The lowest BCUT2D eigenvalue weighted by molar-refractivity contribution is -0.117. The van der Waals surface area contributed by atoms with Crippen molar-refractivity contribution in [3.05, 3.63) is 62.1 Å². The number of carbonyl (C=O) groups is 2. The first-order valence-corrected chi connectivity index (χ1v) is 8.22. The molecule has 0 saturated carbocycles. The zero-order valence-electron chi connectivity index (χ0n) is 11.9. The molecule has 8 heteroatoms. The van der Waals surface area contributed by atoms with Crippen molar-refractivity contribution in [2.45, 2.75) is 0 Å². The SMILES string of the molecule is O=C1NN(c2ccc(Cl)cc2)C(=O)/C1=C\c1cc(Cl)cc(Br)c1O. The van der Waals surface area contributed by atoms with Crippen molar-refractivity contribution in [3.8, 4) is 5.75 Å². The van der Waals surface area contributed by atoms with Crippen LogP contribution in [0.1, 0.15) is 5.56 Å². The summed E-state index contributed by atoms with van der Waals surface area (Å²) in [5, 5.41) is 12.0. The van der Waals surface area contributed by atoms with Crippen molar-refractivity contribution >= 4 is 62.7 Å². The normalized spacial score (nSPS) is 16.0. The monoisotopic (exact) mass is 426 g/mol. The van der Waals surface area contributed by atoms with E-state index in [9.17, 15) is 14.7 Å². The first-order valence-electron chi connectivity index (χ1n) is 6.67. The van der Waals surface area contributed by atoms with Gasteiger partial charge >= 0.3 is 0 Å². The highest BCUT2D eigenvalue weighted by atomic mass is 79.9. The van der Waals surface area contributed by atoms with Gasteiger partial charge in [0.05, 0.1) is 10.2 Å². The van der Waals surface area contributed by atoms with Gasteiger partial charge in [0.2, 0.25) is 0 Å². The molecule has 0 aliphatic carbocycles. The number of rotatable bonds is 2. The molecule has 0 unspecified atom stereocenters. The third kappa shape index (κ3) is 3.13. The number of anilines is 1. The lowest BCUT2D eigenvalue weighted by Gasteiger charge is -2.14. The van der Waals surface area contributed by atoms with Gasteiger partial charge in [0.25, 0.3) is 11.8 Å². The molecule has 0 spiro atoms. The Balaban J connectivity index is 1.99. The third-order valence-corrected chi connectivity index (χ3v) is 4.41. The summed E-state index contributed by atoms with van der Waals surface area (Å²) in [4.78, 5) is 24.6. The molecule has 3 rings (SSSR count). The molecule has 0 atom stereocenters. The van der Waals surface area contributed by atoms with E-state index in [1.165, 1.54) is 18.2 Å². The molecular formula is C16H9BrCl2N2O3. The quantitative estimate of drug-likeness (QED) is 0.563. The zero-order valence-corrected chi connectivity index (χ0v) is 15.0. The van der Waals surface area contributed by atoms with Gasteiger partial charge in [0, 0.05) is 15.6 Å². The second kappa shape index (κ2) is 6.47. The van der Waals surface area contributed by atoms with Crippen molar-refractivity contribution in [3.63, 3.8) is 0 Å². The van der Waals surface area contributed by atoms with Crippen LogP contribution in [0.15, 0.2) is 46.4 Å². The Morgan fingerprint density at radius 1 is 1.08 bits per heavy atom. The Bertz CT molecular complexity index is 882. The second-order valence-corrected chi connectivity index (χ2v) is 6.67. The summed E-state index contributed by atoms with van der Waals surface area (Å²) in [5.41, 5.74) is 3.07. The van der Waals surface area contributed by atoms with E-state index in [0.717, 1.165) is 5.01 Å². The van der Waals surface area contributed by atoms with Crippen molar-refractivity contribution in [1.29, 1.82) is 0 Å². The maximum atomic E-state index is 12.5. The minimum Gasteiger partial charge on any atom is -0.506 e. The third-order valence-electron chi connectivity index (χ3n) is 3.33. The summed E-state index contributed by atoms with van der Waals surface area (Å²) in [5.74, 6) is -1.24. The fourth-order valence-corrected chi connectivity index (χ4v) is 3.14. The molecule has 1 heterocycles. The molecule has 0 bridgehead atoms. The average molecular weight is 428 g/mol. The largest absolute Gasteiger partial charge is 0.506 e. The Morgan fingerprint density at radius 3 is 2.42 bits per heavy atom. The summed E-state index contributed by atoms with van der Waals surface area (Å²) >= 11 is 14.9. The van der Waals surface area contributed by atoms with Gasteiger partial charge in [-0.25, -0.2) is 5.01 Å². The molecule has 0 aromatic heterocycles. The molecule has 2 aromatic carbocycles. The second-order valence-electron chi connectivity index (χ2n) is 4.94. The van der Waals surface area contributed by atoms with Gasteiger partial charge in [-0.05, 0) is 58.4 Å². The van der Waals surface area contributed by atoms with Crippen LogP contribution in [0.25, 0.3) is 6.08 Å². The van der Waals surface area contributed by atoms with Crippen LogP contribution >= 0.6 is 39.1 Å². The van der Waals surface area contributed by atoms with Gasteiger partial charge in [0.1, 0.15) is 11.3 Å². The summed E-state index contributed by atoms with van der Waals surface area (Å²) in [6.45, 7) is 0. The van der Waals surface area contributed by atoms with E-state index >= 15 is 0 Å². The molecule has 24 heavy (non-hydrogen) atoms. The van der Waals surface area contributed by atoms with Gasteiger partial charge in [-0.2, -0.15) is 0 Å². The Morgan fingerprint density at radius 2 is 1.75 bits per heavy atom. The van der Waals surface area contributed by atoms with Crippen molar-refractivity contribution in [2.75, 3.05) is 5.01 Å². The summed E-state index contributed by atoms with van der Waals surface area (Å²) in [6.07, 6.45) is 1.29. The van der Waals surface area contributed by atoms with E-state index in [4.69, 9.17) is 23.2 Å². The van der Waals surface area contributed by atoms with Crippen LogP contribution < -0.4 is 10.4 Å². The summed E-state index contributed by atoms with van der Waals surface area (Å²) in [7, 11) is 0. The lowest BCUT2D eigenvalue weighted by Crippen LogP contribution is -2.35. The van der Waals surface area contributed by atoms with Gasteiger partial charge in [0.15, 0.2) is 0 Å². The van der Waals surface area contributed by atoms with Crippen LogP contribution in [0.4, 0.5) is 5.69 Å². The number of halogens is 3. The molecular weight excluding hydrogens is 419 g/mol. The summed E-state index contributed by atoms with van der Waals surface area (Å²) < 4.78 is 0.363. The number of nitrogens with zero attached hydrogens (tertiary/aromatic N) is 1. The topological polar surface area (TPSA) is 69.6 Å². The number of hydrazine groups is 1. The minimum absolute atomic E-state index is 0.113. The van der Waals surface area contributed by atoms with E-state index in [1.54, 1.807) is 24.3 Å². The van der Waals surface area contributed by atoms with Gasteiger partial charge in [-0.15, -0.1) is 0 Å². The van der Waals surface area contributed by atoms with Crippen LogP contribution in [-0.2, 0) is 9.59 Å². The Kier molecular flexibility index (Phi) is 4.54. The fourth-order valence-electron chi connectivity index (χ4n) is 2.18. The van der Waals surface area contributed by atoms with Crippen LogP contribution in [0.2, 0.25) is 10.0 Å². The molecule has 2 aromatic rings. The molecule has 1 aliphatic rings. The molecule has 2 amide bonds. The van der Waals surface area contributed by atoms with E-state index in [-0.39, 0.29) is 16.9 Å². The van der Waals surface area contributed by atoms with Crippen LogP contribution in [-0.4, -0.2) is 16.9 Å². The van der Waals surface area contributed by atoms with Crippen LogP contribution in [0.3, 0.4) is 0 Å². The first-order chi connectivity index (χ1) is 11.4. The maximum Gasteiger partial charge on any atom is 0.282 e. The maximum absolute atomic E-state index is 12.5. The first kappa shape index (κ1) is 16.8. The highest BCUT2D eigenvalue weighted by molar-refractivity contribution is 9.10. The smallest absolute Gasteiger partial charge is 0.282 e. The highest BCUT2D eigenvalue weighted by Crippen LogP contribution is 2.33. The number of carbonyl (C=O) groups excluding carboxylic acids is 2. The minimum atomic E-state index is -0.578. The van der Waals surface area contributed by atoms with Crippen molar-refractivity contribution in [1.82, 2.24) is 5.43 Å². The zero-order chi connectivity index (χ0) is 17.4. The molecule has 1 saturated heterocycles. The van der Waals surface area contributed by atoms with Crippen molar-refractivity contribution < 1.29 is 14.7 Å². The average Bonchev–Trinajstić information content (AvgIpc) is 2.81. The molecule has 0 radical (unpaired) electrons. The number of hydrogen-bond donors (Lipinski definition) is 2. The van der Waals surface area contributed by atoms with E-state index in [2.05, 4.69) is 21.4 Å². The number of phenols is 1. The molecule has 122 valence electrons. The molecule has 1 fully saturated rings. The lowest BCUT2D eigenvalue weighted by atomic mass is 10.1. The molecule has 2 N–H and O–H groups in total. The number of aromatic hydroxyl groups is 1. The number of nitrogens with one attached hydrogen (secondary N) is 1. The standard InChI is InChI=1S/C16H9BrCl2N2O3/c17-13-7-10(19)5-8(14(13)22)6-12-15(23)20-21(16(12)24)11-3-1-9(18)2-4-11/h1-7,22H,(H,20,23)/b12-6-. The van der Waals surface area contributed by atoms with Crippen molar-refractivity contribution in [2.24, 2.45) is 0 Å². The predicted octanol–water partition coefficient (Wildman–Crippen LogP) is 3.92. The number of benzene rings is 2. The van der Waals surface area contributed by atoms with Gasteiger partial charge in [-0.1, -0.05) is 23.2 Å². The van der Waals surface area contributed by atoms with Crippen LogP contribution in [0.5, 0.6) is 5.75 Å². The number of hydrogen-bond acceptors (Lipinski definition) is 3. The molecule has 1 aliphatic heterocycles. The molecule has 5 nitrogen and oxygen atoms in total. The fraction of sp³-hybridized carbons (Fsp3) is 0. The predicted molar refractivity (Wildman–Crippen MR) is 95.9 cm³/mol. The van der Waals surface area contributed by atoms with Crippen LogP contribution in [0, 0.1) is 0 Å². The van der Waals surface area contributed by atoms with E-state index < -0.39 is 11.8 Å². The Hall–Kier alpha value is -2.02. The van der Waals surface area contributed by atoms with E-state index in [0.29, 0.717) is 20.2 Å².